The molecule has 1 aliphatic heterocycles. The van der Waals surface area contributed by atoms with Gasteiger partial charge in [0.2, 0.25) is 0 Å². The predicted octanol–water partition coefficient (Wildman–Crippen LogP) is 2.89. The number of carbonyl (C=O) groups is 2. The molecule has 0 N–H and O–H groups in total. The highest BCUT2D eigenvalue weighted by Gasteiger charge is 2.20. The number of hydrogen-bond acceptors (Lipinski definition) is 4. The zero-order valence-electron chi connectivity index (χ0n) is 12.6. The molecule has 2 heterocycles. The normalized spacial score (nSPS) is 13.8. The number of benzene rings is 1. The van der Waals surface area contributed by atoms with E-state index >= 15 is 0 Å². The number of esters is 1. The van der Waals surface area contributed by atoms with Gasteiger partial charge in [-0.2, -0.15) is 0 Å². The van der Waals surface area contributed by atoms with Crippen molar-refractivity contribution >= 4 is 29.3 Å². The first-order valence-electron chi connectivity index (χ1n) is 7.45. The van der Waals surface area contributed by atoms with Crippen molar-refractivity contribution in [3.63, 3.8) is 0 Å². The monoisotopic (exact) mass is 327 g/mol. The smallest absolute Gasteiger partial charge is 0.331 e. The lowest BCUT2D eigenvalue weighted by Crippen LogP contribution is -2.38. The number of carbonyl (C=O) groups excluding carboxylic acids is 2. The number of fused-ring (bicyclic) bond motifs is 1. The third-order valence-corrected chi connectivity index (χ3v) is 4.59. The summed E-state index contributed by atoms with van der Waals surface area (Å²) >= 11 is 1.54. The minimum absolute atomic E-state index is 0.155. The van der Waals surface area contributed by atoms with Crippen molar-refractivity contribution in [1.29, 1.82) is 0 Å². The number of amides is 1. The molecule has 5 heteroatoms. The van der Waals surface area contributed by atoms with Gasteiger partial charge in [0.25, 0.3) is 5.91 Å². The molecule has 0 atom stereocenters. The van der Waals surface area contributed by atoms with Crippen LogP contribution in [0.15, 0.2) is 47.9 Å². The van der Waals surface area contributed by atoms with E-state index in [9.17, 15) is 9.59 Å². The number of thiophene rings is 1. The van der Waals surface area contributed by atoms with Crippen LogP contribution in [-0.2, 0) is 27.3 Å². The molecule has 0 saturated heterocycles. The maximum absolute atomic E-state index is 12.2. The van der Waals surface area contributed by atoms with Gasteiger partial charge in [0.1, 0.15) is 0 Å². The maximum atomic E-state index is 12.2. The van der Waals surface area contributed by atoms with Gasteiger partial charge in [-0.3, -0.25) is 4.79 Å². The molecule has 0 unspecified atom stereocenters. The fraction of sp³-hybridized carbons (Fsp3) is 0.222. The molecule has 1 aromatic carbocycles. The van der Waals surface area contributed by atoms with Crippen molar-refractivity contribution in [1.82, 2.24) is 4.90 Å². The fourth-order valence-corrected chi connectivity index (χ4v) is 3.14. The van der Waals surface area contributed by atoms with Crippen molar-refractivity contribution in [2.45, 2.75) is 13.0 Å². The van der Waals surface area contributed by atoms with Gasteiger partial charge in [-0.15, -0.1) is 11.3 Å². The molecule has 1 aromatic heterocycles. The summed E-state index contributed by atoms with van der Waals surface area (Å²) < 4.78 is 5.03. The van der Waals surface area contributed by atoms with Crippen molar-refractivity contribution in [2.75, 3.05) is 13.2 Å². The van der Waals surface area contributed by atoms with Crippen molar-refractivity contribution in [3.8, 4) is 0 Å². The molecule has 2 aromatic rings. The largest absolute Gasteiger partial charge is 0.452 e. The molecular weight excluding hydrogens is 310 g/mol. The number of ether oxygens (including phenoxy) is 1. The van der Waals surface area contributed by atoms with Crippen LogP contribution < -0.4 is 0 Å². The van der Waals surface area contributed by atoms with E-state index in [0.29, 0.717) is 13.1 Å². The van der Waals surface area contributed by atoms with Crippen molar-refractivity contribution in [2.24, 2.45) is 0 Å². The summed E-state index contributed by atoms with van der Waals surface area (Å²) in [7, 11) is 0. The van der Waals surface area contributed by atoms with Gasteiger partial charge in [-0.1, -0.05) is 30.3 Å². The van der Waals surface area contributed by atoms with Crippen molar-refractivity contribution < 1.29 is 14.3 Å². The van der Waals surface area contributed by atoms with Crippen LogP contribution >= 0.6 is 11.3 Å². The Bertz CT molecular complexity index is 722. The van der Waals surface area contributed by atoms with E-state index in [1.807, 2.05) is 35.7 Å². The molecule has 1 aliphatic rings. The van der Waals surface area contributed by atoms with E-state index in [1.54, 1.807) is 11.0 Å². The molecule has 118 valence electrons. The highest BCUT2D eigenvalue weighted by Crippen LogP contribution is 2.18. The topological polar surface area (TPSA) is 46.6 Å². The number of rotatable bonds is 4. The molecule has 4 nitrogen and oxygen atoms in total. The van der Waals surface area contributed by atoms with Crippen LogP contribution in [0.4, 0.5) is 0 Å². The zero-order valence-corrected chi connectivity index (χ0v) is 13.4. The average Bonchev–Trinajstić information content (AvgIpc) is 3.11. The Morgan fingerprint density at radius 2 is 2.00 bits per heavy atom. The van der Waals surface area contributed by atoms with E-state index < -0.39 is 5.97 Å². The van der Waals surface area contributed by atoms with Crippen LogP contribution in [0.2, 0.25) is 0 Å². The Kier molecular flexibility index (Phi) is 4.88. The van der Waals surface area contributed by atoms with Crippen LogP contribution in [0.3, 0.4) is 0 Å². The average molecular weight is 327 g/mol. The summed E-state index contributed by atoms with van der Waals surface area (Å²) in [5.41, 5.74) is 2.45. The SMILES string of the molecule is O=C(C=Cc1cccs1)OCC(=O)N1CCc2ccccc2C1. The van der Waals surface area contributed by atoms with Gasteiger partial charge >= 0.3 is 5.97 Å². The lowest BCUT2D eigenvalue weighted by molar-refractivity contribution is -0.148. The first kappa shape index (κ1) is 15.5. The lowest BCUT2D eigenvalue weighted by atomic mass is 10.00. The van der Waals surface area contributed by atoms with Gasteiger partial charge in [0.15, 0.2) is 6.61 Å². The molecule has 23 heavy (non-hydrogen) atoms. The second-order valence-electron chi connectivity index (χ2n) is 5.29. The van der Waals surface area contributed by atoms with Crippen LogP contribution in [0.25, 0.3) is 6.08 Å². The molecule has 1 amide bonds. The molecule has 3 rings (SSSR count). The first-order chi connectivity index (χ1) is 11.2. The lowest BCUT2D eigenvalue weighted by Gasteiger charge is -2.28. The Hall–Kier alpha value is -2.40. The molecule has 0 bridgehead atoms. The molecular formula is C18H17NO3S. The summed E-state index contributed by atoms with van der Waals surface area (Å²) in [4.78, 5) is 26.5. The minimum Gasteiger partial charge on any atom is -0.452 e. The minimum atomic E-state index is -0.496. The summed E-state index contributed by atoms with van der Waals surface area (Å²) in [5, 5.41) is 1.93. The Morgan fingerprint density at radius 3 is 2.78 bits per heavy atom. The van der Waals surface area contributed by atoms with Crippen LogP contribution in [0.5, 0.6) is 0 Å². The van der Waals surface area contributed by atoms with Crippen LogP contribution in [0.1, 0.15) is 16.0 Å². The summed E-state index contributed by atoms with van der Waals surface area (Å²) in [6.45, 7) is 1.03. The Balaban J connectivity index is 1.49. The molecule has 0 radical (unpaired) electrons. The van der Waals surface area contributed by atoms with Gasteiger partial charge in [0, 0.05) is 24.0 Å². The third-order valence-electron chi connectivity index (χ3n) is 3.75. The Morgan fingerprint density at radius 1 is 1.17 bits per heavy atom. The van der Waals surface area contributed by atoms with Crippen molar-refractivity contribution in [3.05, 3.63) is 63.9 Å². The van der Waals surface area contributed by atoms with E-state index in [-0.39, 0.29) is 12.5 Å². The second-order valence-corrected chi connectivity index (χ2v) is 6.27. The number of hydrogen-bond donors (Lipinski definition) is 0. The highest BCUT2D eigenvalue weighted by molar-refractivity contribution is 7.10. The van der Waals surface area contributed by atoms with Gasteiger partial charge < -0.3 is 9.64 Å². The molecule has 0 saturated carbocycles. The maximum Gasteiger partial charge on any atom is 0.331 e. The van der Waals surface area contributed by atoms with E-state index in [0.717, 1.165) is 16.9 Å². The standard InChI is InChI=1S/C18H17NO3S/c20-17(13-22-18(21)8-7-16-6-3-11-23-16)19-10-9-14-4-1-2-5-15(14)12-19/h1-8,11H,9-10,12-13H2. The molecule has 0 aliphatic carbocycles. The van der Waals surface area contributed by atoms with E-state index in [1.165, 1.54) is 23.0 Å². The molecule has 0 fully saturated rings. The quantitative estimate of drug-likeness (QED) is 0.641. The summed E-state index contributed by atoms with van der Waals surface area (Å²) in [6.07, 6.45) is 3.88. The fourth-order valence-electron chi connectivity index (χ4n) is 2.52. The predicted molar refractivity (Wildman–Crippen MR) is 89.9 cm³/mol. The number of nitrogens with zero attached hydrogens (tertiary/aromatic N) is 1. The van der Waals surface area contributed by atoms with Crippen LogP contribution in [-0.4, -0.2) is 29.9 Å². The van der Waals surface area contributed by atoms with Gasteiger partial charge in [0.05, 0.1) is 0 Å². The summed E-state index contributed by atoms with van der Waals surface area (Å²) in [5.74, 6) is -0.651. The zero-order chi connectivity index (χ0) is 16.1. The van der Waals surface area contributed by atoms with Crippen LogP contribution in [0, 0.1) is 0 Å². The molecule has 0 spiro atoms. The first-order valence-corrected chi connectivity index (χ1v) is 8.33. The third kappa shape index (κ3) is 4.07. The van der Waals surface area contributed by atoms with Gasteiger partial charge in [-0.05, 0) is 35.1 Å². The van der Waals surface area contributed by atoms with E-state index in [2.05, 4.69) is 6.07 Å². The summed E-state index contributed by atoms with van der Waals surface area (Å²) in [6, 6.07) is 11.9. The highest BCUT2D eigenvalue weighted by atomic mass is 32.1. The Labute approximate surface area is 139 Å². The van der Waals surface area contributed by atoms with E-state index in [4.69, 9.17) is 4.74 Å². The second kappa shape index (κ2) is 7.24. The van der Waals surface area contributed by atoms with Gasteiger partial charge in [-0.25, -0.2) is 4.79 Å².